The van der Waals surface area contributed by atoms with Crippen molar-refractivity contribution in [3.8, 4) is 0 Å². The minimum Gasteiger partial charge on any atom is -0.399 e. The fourth-order valence-electron chi connectivity index (χ4n) is 0.995. The van der Waals surface area contributed by atoms with Gasteiger partial charge in [0.2, 0.25) is 0 Å². The quantitative estimate of drug-likeness (QED) is 0.424. The van der Waals surface area contributed by atoms with Gasteiger partial charge in [0.1, 0.15) is 12.3 Å². The second kappa shape index (κ2) is 4.82. The standard InChI is InChI=1S/C9H11ClN2O/c1-7(12-13-2)5-8-3-4-9(10)11-6-8/h3-4,6H,5H2,1-2H3. The molecule has 0 spiro atoms. The Morgan fingerprint density at radius 2 is 2.38 bits per heavy atom. The lowest BCUT2D eigenvalue weighted by Crippen LogP contribution is -1.98. The van der Waals surface area contributed by atoms with Gasteiger partial charge in [0, 0.05) is 12.6 Å². The normalized spacial score (nSPS) is 11.5. The Kier molecular flexibility index (Phi) is 3.71. The fourth-order valence-corrected chi connectivity index (χ4v) is 1.11. The smallest absolute Gasteiger partial charge is 0.129 e. The van der Waals surface area contributed by atoms with Crippen molar-refractivity contribution in [3.05, 3.63) is 29.0 Å². The first-order valence-corrected chi connectivity index (χ1v) is 4.27. The van der Waals surface area contributed by atoms with Crippen LogP contribution in [-0.2, 0) is 11.3 Å². The number of pyridine rings is 1. The molecule has 0 atom stereocenters. The van der Waals surface area contributed by atoms with Gasteiger partial charge in [0.05, 0.1) is 5.71 Å². The molecule has 0 aliphatic heterocycles. The fraction of sp³-hybridized carbons (Fsp3) is 0.333. The highest BCUT2D eigenvalue weighted by atomic mass is 35.5. The minimum absolute atomic E-state index is 0.505. The molecule has 0 N–H and O–H groups in total. The highest BCUT2D eigenvalue weighted by molar-refractivity contribution is 6.29. The third-order valence-electron chi connectivity index (χ3n) is 1.50. The lowest BCUT2D eigenvalue weighted by molar-refractivity contribution is 0.212. The van der Waals surface area contributed by atoms with E-state index in [9.17, 15) is 0 Å². The molecule has 13 heavy (non-hydrogen) atoms. The SMILES string of the molecule is CON=C(C)Cc1ccc(Cl)nc1. The van der Waals surface area contributed by atoms with Crippen LogP contribution >= 0.6 is 11.6 Å². The third kappa shape index (κ3) is 3.42. The van der Waals surface area contributed by atoms with Gasteiger partial charge in [-0.1, -0.05) is 22.8 Å². The molecule has 1 aromatic rings. The molecular weight excluding hydrogens is 188 g/mol. The van der Waals surface area contributed by atoms with Crippen LogP contribution in [0.2, 0.25) is 5.15 Å². The lowest BCUT2D eigenvalue weighted by atomic mass is 10.1. The van der Waals surface area contributed by atoms with Crippen molar-refractivity contribution in [2.75, 3.05) is 7.11 Å². The van der Waals surface area contributed by atoms with Crippen molar-refractivity contribution in [1.29, 1.82) is 0 Å². The van der Waals surface area contributed by atoms with Crippen molar-refractivity contribution >= 4 is 17.3 Å². The van der Waals surface area contributed by atoms with Crippen LogP contribution in [-0.4, -0.2) is 17.8 Å². The van der Waals surface area contributed by atoms with E-state index in [-0.39, 0.29) is 0 Å². The number of oxime groups is 1. The summed E-state index contributed by atoms with van der Waals surface area (Å²) in [4.78, 5) is 8.60. The Hall–Kier alpha value is -1.09. The molecule has 0 aliphatic rings. The maximum Gasteiger partial charge on any atom is 0.129 e. The van der Waals surface area contributed by atoms with E-state index in [4.69, 9.17) is 11.6 Å². The first-order chi connectivity index (χ1) is 6.22. The summed E-state index contributed by atoms with van der Waals surface area (Å²) in [6.45, 7) is 1.90. The van der Waals surface area contributed by atoms with E-state index >= 15 is 0 Å². The molecule has 0 bridgehead atoms. The van der Waals surface area contributed by atoms with Crippen molar-refractivity contribution in [1.82, 2.24) is 4.98 Å². The lowest BCUT2D eigenvalue weighted by Gasteiger charge is -1.99. The number of hydrogen-bond donors (Lipinski definition) is 0. The van der Waals surface area contributed by atoms with Crippen LogP contribution < -0.4 is 0 Å². The topological polar surface area (TPSA) is 34.5 Å². The molecule has 0 aromatic carbocycles. The zero-order valence-corrected chi connectivity index (χ0v) is 8.38. The molecule has 0 saturated heterocycles. The van der Waals surface area contributed by atoms with E-state index in [1.165, 1.54) is 7.11 Å². The van der Waals surface area contributed by atoms with Crippen LogP contribution in [0.3, 0.4) is 0 Å². The second-order valence-electron chi connectivity index (χ2n) is 2.68. The maximum absolute atomic E-state index is 5.64. The first-order valence-electron chi connectivity index (χ1n) is 3.89. The number of aromatic nitrogens is 1. The van der Waals surface area contributed by atoms with Crippen molar-refractivity contribution in [3.63, 3.8) is 0 Å². The predicted octanol–water partition coefficient (Wildman–Crippen LogP) is 2.30. The molecular formula is C9H11ClN2O. The number of nitrogens with zero attached hydrogens (tertiary/aromatic N) is 2. The Morgan fingerprint density at radius 1 is 1.62 bits per heavy atom. The predicted molar refractivity (Wildman–Crippen MR) is 53.1 cm³/mol. The first kappa shape index (κ1) is 9.99. The van der Waals surface area contributed by atoms with Crippen LogP contribution in [0.25, 0.3) is 0 Å². The van der Waals surface area contributed by atoms with Crippen LogP contribution in [0.15, 0.2) is 23.5 Å². The second-order valence-corrected chi connectivity index (χ2v) is 3.06. The van der Waals surface area contributed by atoms with Gasteiger partial charge < -0.3 is 4.84 Å². The monoisotopic (exact) mass is 198 g/mol. The van der Waals surface area contributed by atoms with Gasteiger partial charge in [-0.3, -0.25) is 0 Å². The van der Waals surface area contributed by atoms with Crippen LogP contribution in [0, 0.1) is 0 Å². The molecule has 3 nitrogen and oxygen atoms in total. The molecule has 1 heterocycles. The molecule has 0 fully saturated rings. The molecule has 0 saturated carbocycles. The summed E-state index contributed by atoms with van der Waals surface area (Å²) in [6.07, 6.45) is 2.47. The molecule has 1 aromatic heterocycles. The summed E-state index contributed by atoms with van der Waals surface area (Å²) in [5.41, 5.74) is 1.98. The molecule has 0 aliphatic carbocycles. The number of rotatable bonds is 3. The van der Waals surface area contributed by atoms with E-state index in [2.05, 4.69) is 15.0 Å². The van der Waals surface area contributed by atoms with E-state index in [0.29, 0.717) is 5.15 Å². The van der Waals surface area contributed by atoms with Gasteiger partial charge in [0.15, 0.2) is 0 Å². The summed E-state index contributed by atoms with van der Waals surface area (Å²) < 4.78 is 0. The number of halogens is 1. The Bertz CT molecular complexity index is 295. The highest BCUT2D eigenvalue weighted by Gasteiger charge is 1.97. The number of hydrogen-bond acceptors (Lipinski definition) is 3. The van der Waals surface area contributed by atoms with Gasteiger partial charge >= 0.3 is 0 Å². The van der Waals surface area contributed by atoms with Crippen LogP contribution in [0.4, 0.5) is 0 Å². The molecule has 1 rings (SSSR count). The van der Waals surface area contributed by atoms with Gasteiger partial charge in [-0.2, -0.15) is 0 Å². The van der Waals surface area contributed by atoms with Crippen molar-refractivity contribution < 1.29 is 4.84 Å². The van der Waals surface area contributed by atoms with Gasteiger partial charge in [-0.25, -0.2) is 4.98 Å². The average molecular weight is 199 g/mol. The summed E-state index contributed by atoms with van der Waals surface area (Å²) in [5.74, 6) is 0. The average Bonchev–Trinajstić information content (AvgIpc) is 2.09. The van der Waals surface area contributed by atoms with Crippen LogP contribution in [0.5, 0.6) is 0 Å². The molecule has 70 valence electrons. The Labute approximate surface area is 82.4 Å². The summed E-state index contributed by atoms with van der Waals surface area (Å²) in [7, 11) is 1.53. The van der Waals surface area contributed by atoms with Gasteiger partial charge in [0.25, 0.3) is 0 Å². The zero-order valence-electron chi connectivity index (χ0n) is 7.62. The summed E-state index contributed by atoms with van der Waals surface area (Å²) >= 11 is 5.64. The summed E-state index contributed by atoms with van der Waals surface area (Å²) in [5, 5.41) is 4.30. The van der Waals surface area contributed by atoms with Crippen molar-refractivity contribution in [2.45, 2.75) is 13.3 Å². The van der Waals surface area contributed by atoms with E-state index in [1.807, 2.05) is 13.0 Å². The summed E-state index contributed by atoms with van der Waals surface area (Å²) in [6, 6.07) is 3.68. The molecule has 0 radical (unpaired) electrons. The molecule has 4 heteroatoms. The minimum atomic E-state index is 0.505. The van der Waals surface area contributed by atoms with E-state index in [1.54, 1.807) is 12.3 Å². The zero-order chi connectivity index (χ0) is 9.68. The van der Waals surface area contributed by atoms with Crippen molar-refractivity contribution in [2.24, 2.45) is 5.16 Å². The van der Waals surface area contributed by atoms with Crippen LogP contribution in [0.1, 0.15) is 12.5 Å². The third-order valence-corrected chi connectivity index (χ3v) is 1.72. The Morgan fingerprint density at radius 3 is 2.92 bits per heavy atom. The van der Waals surface area contributed by atoms with E-state index in [0.717, 1.165) is 17.7 Å². The highest BCUT2D eigenvalue weighted by Crippen LogP contribution is 2.06. The van der Waals surface area contributed by atoms with Gasteiger partial charge in [-0.15, -0.1) is 0 Å². The molecule has 0 amide bonds. The maximum atomic E-state index is 5.64. The molecule has 0 unspecified atom stereocenters. The van der Waals surface area contributed by atoms with Gasteiger partial charge in [-0.05, 0) is 18.6 Å². The Balaban J connectivity index is 2.64. The largest absolute Gasteiger partial charge is 0.399 e. The van der Waals surface area contributed by atoms with E-state index < -0.39 is 0 Å².